The summed E-state index contributed by atoms with van der Waals surface area (Å²) in [6.45, 7) is 4.87. The molecule has 0 bridgehead atoms. The standard InChI is InChI=1S/C19H23N3O4S/c1-14-2-7-17(27-14)12-20-19(24)21-15-3-5-16(6-4-15)26-13-18(23)22-8-10-25-11-9-22/h2-7H,8-13H2,1H3,(H2,20,21,24). The van der Waals surface area contributed by atoms with E-state index in [-0.39, 0.29) is 18.5 Å². The first-order valence-electron chi connectivity index (χ1n) is 8.79. The van der Waals surface area contributed by atoms with Crippen LogP contribution in [0.5, 0.6) is 5.75 Å². The quantitative estimate of drug-likeness (QED) is 0.796. The van der Waals surface area contributed by atoms with E-state index in [1.54, 1.807) is 40.5 Å². The van der Waals surface area contributed by atoms with Crippen LogP contribution in [0.4, 0.5) is 10.5 Å². The summed E-state index contributed by atoms with van der Waals surface area (Å²) in [5.74, 6) is 0.528. The zero-order valence-corrected chi connectivity index (χ0v) is 16.0. The van der Waals surface area contributed by atoms with Gasteiger partial charge in [-0.25, -0.2) is 4.79 Å². The molecule has 3 amide bonds. The molecule has 0 aliphatic carbocycles. The van der Waals surface area contributed by atoms with Gasteiger partial charge in [-0.1, -0.05) is 0 Å². The van der Waals surface area contributed by atoms with Gasteiger partial charge in [0.25, 0.3) is 5.91 Å². The largest absolute Gasteiger partial charge is 0.484 e. The lowest BCUT2D eigenvalue weighted by Gasteiger charge is -2.26. The van der Waals surface area contributed by atoms with Crippen LogP contribution in [0, 0.1) is 6.92 Å². The lowest BCUT2D eigenvalue weighted by molar-refractivity contribution is -0.137. The number of nitrogens with zero attached hydrogens (tertiary/aromatic N) is 1. The van der Waals surface area contributed by atoms with Gasteiger partial charge in [0.05, 0.1) is 19.8 Å². The molecule has 1 aromatic heterocycles. The molecule has 7 nitrogen and oxygen atoms in total. The van der Waals surface area contributed by atoms with Gasteiger partial charge in [0, 0.05) is 28.5 Å². The third-order valence-corrected chi connectivity index (χ3v) is 5.06. The summed E-state index contributed by atoms with van der Waals surface area (Å²) in [6, 6.07) is 10.7. The van der Waals surface area contributed by atoms with Crippen molar-refractivity contribution in [3.63, 3.8) is 0 Å². The van der Waals surface area contributed by atoms with E-state index in [1.807, 2.05) is 19.1 Å². The first kappa shape index (κ1) is 19.2. The topological polar surface area (TPSA) is 79.9 Å². The van der Waals surface area contributed by atoms with Crippen molar-refractivity contribution in [2.45, 2.75) is 13.5 Å². The van der Waals surface area contributed by atoms with Crippen molar-refractivity contribution in [3.05, 3.63) is 46.2 Å². The third-order valence-electron chi connectivity index (χ3n) is 4.06. The number of benzene rings is 1. The molecule has 2 N–H and O–H groups in total. The highest BCUT2D eigenvalue weighted by Crippen LogP contribution is 2.17. The number of carbonyl (C=O) groups excluding carboxylic acids is 2. The number of thiophene rings is 1. The molecule has 8 heteroatoms. The number of aryl methyl sites for hydroxylation is 1. The second kappa shape index (κ2) is 9.38. The molecule has 144 valence electrons. The molecule has 0 unspecified atom stereocenters. The van der Waals surface area contributed by atoms with Crippen molar-refractivity contribution in [2.75, 3.05) is 38.2 Å². The summed E-state index contributed by atoms with van der Waals surface area (Å²) in [7, 11) is 0. The molecule has 27 heavy (non-hydrogen) atoms. The van der Waals surface area contributed by atoms with Gasteiger partial charge in [-0.2, -0.15) is 0 Å². The number of amides is 3. The monoisotopic (exact) mass is 389 g/mol. The average Bonchev–Trinajstić information content (AvgIpc) is 3.11. The zero-order valence-electron chi connectivity index (χ0n) is 15.2. The Kier molecular flexibility index (Phi) is 6.67. The van der Waals surface area contributed by atoms with Crippen LogP contribution in [0.25, 0.3) is 0 Å². The van der Waals surface area contributed by atoms with Crippen LogP contribution in [0.3, 0.4) is 0 Å². The molecule has 0 radical (unpaired) electrons. The Morgan fingerprint density at radius 3 is 2.56 bits per heavy atom. The molecule has 2 heterocycles. The van der Waals surface area contributed by atoms with Gasteiger partial charge in [-0.15, -0.1) is 11.3 Å². The fourth-order valence-corrected chi connectivity index (χ4v) is 3.44. The maximum atomic E-state index is 12.1. The first-order valence-corrected chi connectivity index (χ1v) is 9.60. The highest BCUT2D eigenvalue weighted by atomic mass is 32.1. The van der Waals surface area contributed by atoms with Crippen molar-refractivity contribution in [3.8, 4) is 5.75 Å². The van der Waals surface area contributed by atoms with E-state index in [9.17, 15) is 9.59 Å². The van der Waals surface area contributed by atoms with Crippen molar-refractivity contribution >= 4 is 29.0 Å². The second-order valence-electron chi connectivity index (χ2n) is 6.13. The van der Waals surface area contributed by atoms with Crippen molar-refractivity contribution < 1.29 is 19.1 Å². The van der Waals surface area contributed by atoms with Gasteiger partial charge in [0.15, 0.2) is 6.61 Å². The molecule has 0 saturated carbocycles. The molecular weight excluding hydrogens is 366 g/mol. The van der Waals surface area contributed by atoms with Gasteiger partial charge >= 0.3 is 6.03 Å². The fourth-order valence-electron chi connectivity index (χ4n) is 2.61. The zero-order chi connectivity index (χ0) is 19.1. The number of ether oxygens (including phenoxy) is 2. The highest BCUT2D eigenvalue weighted by molar-refractivity contribution is 7.11. The molecule has 0 spiro atoms. The van der Waals surface area contributed by atoms with Crippen LogP contribution >= 0.6 is 11.3 Å². The maximum Gasteiger partial charge on any atom is 0.319 e. The lowest BCUT2D eigenvalue weighted by atomic mass is 10.3. The van der Waals surface area contributed by atoms with Crippen molar-refractivity contribution in [1.29, 1.82) is 0 Å². The molecule has 1 aromatic carbocycles. The number of hydrogen-bond acceptors (Lipinski definition) is 5. The first-order chi connectivity index (χ1) is 13.1. The summed E-state index contributed by atoms with van der Waals surface area (Å²) in [5, 5.41) is 5.59. The van der Waals surface area contributed by atoms with Gasteiger partial charge in [-0.05, 0) is 43.3 Å². The number of nitrogens with one attached hydrogen (secondary N) is 2. The molecule has 1 aliphatic heterocycles. The van der Waals surface area contributed by atoms with Crippen LogP contribution in [-0.2, 0) is 16.1 Å². The highest BCUT2D eigenvalue weighted by Gasteiger charge is 2.17. The summed E-state index contributed by atoms with van der Waals surface area (Å²) < 4.78 is 10.8. The number of morpholine rings is 1. The molecular formula is C19H23N3O4S. The Morgan fingerprint density at radius 2 is 1.89 bits per heavy atom. The minimum absolute atomic E-state index is 0.00646. The van der Waals surface area contributed by atoms with Crippen LogP contribution in [0.2, 0.25) is 0 Å². The van der Waals surface area contributed by atoms with Crippen molar-refractivity contribution in [2.24, 2.45) is 0 Å². The summed E-state index contributed by atoms with van der Waals surface area (Å²) in [4.78, 5) is 28.1. The van der Waals surface area contributed by atoms with Crippen LogP contribution < -0.4 is 15.4 Å². The molecule has 1 aliphatic rings. The molecule has 2 aromatic rings. The Labute approximate surface area is 162 Å². The minimum atomic E-state index is -0.266. The van der Waals surface area contributed by atoms with Gasteiger partial charge < -0.3 is 25.0 Å². The average molecular weight is 389 g/mol. The second-order valence-corrected chi connectivity index (χ2v) is 7.50. The van der Waals surface area contributed by atoms with E-state index >= 15 is 0 Å². The summed E-state index contributed by atoms with van der Waals surface area (Å²) in [5.41, 5.74) is 0.654. The number of hydrogen-bond donors (Lipinski definition) is 2. The predicted octanol–water partition coefficient (Wildman–Crippen LogP) is 2.62. The smallest absolute Gasteiger partial charge is 0.319 e. The fraction of sp³-hybridized carbons (Fsp3) is 0.368. The maximum absolute atomic E-state index is 12.1. The molecule has 1 fully saturated rings. The Hall–Kier alpha value is -2.58. The number of anilines is 1. The van der Waals surface area contributed by atoms with Crippen LogP contribution in [0.1, 0.15) is 9.75 Å². The van der Waals surface area contributed by atoms with E-state index in [0.717, 1.165) is 4.88 Å². The molecule has 0 atom stereocenters. The number of urea groups is 1. The van der Waals surface area contributed by atoms with E-state index < -0.39 is 0 Å². The Bertz CT molecular complexity index is 770. The van der Waals surface area contributed by atoms with E-state index in [1.165, 1.54) is 4.88 Å². The minimum Gasteiger partial charge on any atom is -0.484 e. The summed E-state index contributed by atoms with van der Waals surface area (Å²) >= 11 is 1.66. The van der Waals surface area contributed by atoms with Crippen molar-refractivity contribution in [1.82, 2.24) is 10.2 Å². The third kappa shape index (κ3) is 5.97. The van der Waals surface area contributed by atoms with Gasteiger partial charge in [-0.3, -0.25) is 4.79 Å². The normalized spacial score (nSPS) is 13.9. The Balaban J connectivity index is 1.41. The van der Waals surface area contributed by atoms with E-state index in [0.29, 0.717) is 44.3 Å². The van der Waals surface area contributed by atoms with Gasteiger partial charge in [0.1, 0.15) is 5.75 Å². The number of rotatable bonds is 6. The summed E-state index contributed by atoms with van der Waals surface area (Å²) in [6.07, 6.45) is 0. The van der Waals surface area contributed by atoms with E-state index in [2.05, 4.69) is 10.6 Å². The van der Waals surface area contributed by atoms with Crippen LogP contribution in [-0.4, -0.2) is 49.7 Å². The number of carbonyl (C=O) groups is 2. The lowest BCUT2D eigenvalue weighted by Crippen LogP contribution is -2.42. The molecule has 3 rings (SSSR count). The van der Waals surface area contributed by atoms with Crippen LogP contribution in [0.15, 0.2) is 36.4 Å². The van der Waals surface area contributed by atoms with E-state index in [4.69, 9.17) is 9.47 Å². The predicted molar refractivity (Wildman–Crippen MR) is 104 cm³/mol. The Morgan fingerprint density at radius 1 is 1.15 bits per heavy atom. The van der Waals surface area contributed by atoms with Gasteiger partial charge in [0.2, 0.25) is 0 Å². The SMILES string of the molecule is Cc1ccc(CNC(=O)Nc2ccc(OCC(=O)N3CCOCC3)cc2)s1. The molecule has 1 saturated heterocycles.